The van der Waals surface area contributed by atoms with Crippen molar-refractivity contribution >= 4 is 22.6 Å². The molecule has 0 bridgehead atoms. The molecule has 0 aliphatic carbocycles. The molecule has 1 rings (SSSR count). The van der Waals surface area contributed by atoms with Crippen molar-refractivity contribution in [1.29, 1.82) is 0 Å². The summed E-state index contributed by atoms with van der Waals surface area (Å²) < 4.78 is 13.5. The molecule has 0 spiro atoms. The van der Waals surface area contributed by atoms with Crippen molar-refractivity contribution in [2.45, 2.75) is 13.5 Å². The van der Waals surface area contributed by atoms with E-state index in [9.17, 15) is 4.39 Å². The maximum Gasteiger partial charge on any atom is 0.136 e. The normalized spacial score (nSPS) is 10.2. The SMILES string of the molecule is CCNCc1ccc(F)c(I)c1. The maximum absolute atomic E-state index is 12.8. The van der Waals surface area contributed by atoms with Crippen molar-refractivity contribution in [3.63, 3.8) is 0 Å². The highest BCUT2D eigenvalue weighted by Gasteiger charge is 1.98. The van der Waals surface area contributed by atoms with Crippen molar-refractivity contribution in [2.24, 2.45) is 0 Å². The Kier molecular flexibility index (Phi) is 3.94. The Hall–Kier alpha value is -0.160. The summed E-state index contributed by atoms with van der Waals surface area (Å²) in [5, 5.41) is 3.19. The molecule has 0 fully saturated rings. The topological polar surface area (TPSA) is 12.0 Å². The van der Waals surface area contributed by atoms with Crippen molar-refractivity contribution in [3.8, 4) is 0 Å². The second-order valence-electron chi connectivity index (χ2n) is 2.53. The molecule has 1 nitrogen and oxygen atoms in total. The third kappa shape index (κ3) is 2.71. The monoisotopic (exact) mass is 279 g/mol. The summed E-state index contributed by atoms with van der Waals surface area (Å²) in [7, 11) is 0. The van der Waals surface area contributed by atoms with Gasteiger partial charge in [-0.2, -0.15) is 0 Å². The van der Waals surface area contributed by atoms with E-state index < -0.39 is 0 Å². The van der Waals surface area contributed by atoms with E-state index in [1.54, 1.807) is 6.07 Å². The average molecular weight is 279 g/mol. The summed E-state index contributed by atoms with van der Waals surface area (Å²) in [6.07, 6.45) is 0. The van der Waals surface area contributed by atoms with Crippen LogP contribution in [0.2, 0.25) is 0 Å². The summed E-state index contributed by atoms with van der Waals surface area (Å²) in [6.45, 7) is 3.80. The molecule has 0 saturated heterocycles. The molecular formula is C9H11FIN. The lowest BCUT2D eigenvalue weighted by atomic mass is 10.2. The molecule has 1 aromatic rings. The molecule has 0 unspecified atom stereocenters. The largest absolute Gasteiger partial charge is 0.313 e. The molecule has 0 heterocycles. The van der Waals surface area contributed by atoms with E-state index in [-0.39, 0.29) is 5.82 Å². The highest BCUT2D eigenvalue weighted by atomic mass is 127. The number of rotatable bonds is 3. The molecular weight excluding hydrogens is 268 g/mol. The van der Waals surface area contributed by atoms with Crippen LogP contribution in [0.15, 0.2) is 18.2 Å². The van der Waals surface area contributed by atoms with Crippen LogP contribution in [0.5, 0.6) is 0 Å². The van der Waals surface area contributed by atoms with Gasteiger partial charge in [0.05, 0.1) is 0 Å². The van der Waals surface area contributed by atoms with Gasteiger partial charge >= 0.3 is 0 Å². The zero-order chi connectivity index (χ0) is 8.97. The highest BCUT2D eigenvalue weighted by molar-refractivity contribution is 14.1. The zero-order valence-electron chi connectivity index (χ0n) is 6.90. The van der Waals surface area contributed by atoms with Gasteiger partial charge in [0.1, 0.15) is 5.82 Å². The number of hydrogen-bond acceptors (Lipinski definition) is 1. The van der Waals surface area contributed by atoms with Crippen LogP contribution < -0.4 is 5.32 Å². The Balaban J connectivity index is 2.69. The van der Waals surface area contributed by atoms with E-state index in [0.717, 1.165) is 18.7 Å². The summed E-state index contributed by atoms with van der Waals surface area (Å²) in [4.78, 5) is 0. The third-order valence-corrected chi connectivity index (χ3v) is 2.39. The van der Waals surface area contributed by atoms with Gasteiger partial charge in [-0.15, -0.1) is 0 Å². The van der Waals surface area contributed by atoms with Gasteiger partial charge in [-0.25, -0.2) is 4.39 Å². The average Bonchev–Trinajstić information content (AvgIpc) is 2.07. The fourth-order valence-electron chi connectivity index (χ4n) is 0.919. The Morgan fingerprint density at radius 3 is 2.83 bits per heavy atom. The second-order valence-corrected chi connectivity index (χ2v) is 3.69. The zero-order valence-corrected chi connectivity index (χ0v) is 9.06. The van der Waals surface area contributed by atoms with E-state index >= 15 is 0 Å². The lowest BCUT2D eigenvalue weighted by Crippen LogP contribution is -2.11. The van der Waals surface area contributed by atoms with Crippen LogP contribution in [0, 0.1) is 9.39 Å². The van der Waals surface area contributed by atoms with Crippen LogP contribution in [0.3, 0.4) is 0 Å². The lowest BCUT2D eigenvalue weighted by molar-refractivity contribution is 0.618. The van der Waals surface area contributed by atoms with Gasteiger partial charge in [-0.05, 0) is 46.8 Å². The lowest BCUT2D eigenvalue weighted by Gasteiger charge is -2.02. The third-order valence-electron chi connectivity index (χ3n) is 1.56. The molecule has 0 atom stereocenters. The smallest absolute Gasteiger partial charge is 0.136 e. The van der Waals surface area contributed by atoms with E-state index in [4.69, 9.17) is 0 Å². The Bertz CT molecular complexity index is 263. The van der Waals surface area contributed by atoms with Crippen LogP contribution in [0.1, 0.15) is 12.5 Å². The molecule has 0 aliphatic heterocycles. The van der Waals surface area contributed by atoms with Gasteiger partial charge in [-0.3, -0.25) is 0 Å². The number of hydrogen-bond donors (Lipinski definition) is 1. The van der Waals surface area contributed by atoms with Crippen LogP contribution >= 0.6 is 22.6 Å². The molecule has 12 heavy (non-hydrogen) atoms. The molecule has 1 N–H and O–H groups in total. The minimum absolute atomic E-state index is 0.143. The van der Waals surface area contributed by atoms with Gasteiger partial charge in [0.15, 0.2) is 0 Å². The summed E-state index contributed by atoms with van der Waals surface area (Å²) in [5.74, 6) is -0.143. The Morgan fingerprint density at radius 2 is 2.25 bits per heavy atom. The molecule has 1 aromatic carbocycles. The molecule has 3 heteroatoms. The van der Waals surface area contributed by atoms with Gasteiger partial charge in [0, 0.05) is 10.1 Å². The first kappa shape index (κ1) is 9.92. The fraction of sp³-hybridized carbons (Fsp3) is 0.333. The molecule has 66 valence electrons. The molecule has 0 aliphatic rings. The van der Waals surface area contributed by atoms with E-state index in [1.165, 1.54) is 6.07 Å². The fourth-order valence-corrected chi connectivity index (χ4v) is 1.50. The number of benzene rings is 1. The highest BCUT2D eigenvalue weighted by Crippen LogP contribution is 2.12. The minimum atomic E-state index is -0.143. The van der Waals surface area contributed by atoms with Gasteiger partial charge in [0.25, 0.3) is 0 Å². The molecule has 0 radical (unpaired) electrons. The summed E-state index contributed by atoms with van der Waals surface area (Å²) >= 11 is 2.00. The van der Waals surface area contributed by atoms with Crippen LogP contribution in [0.25, 0.3) is 0 Å². The van der Waals surface area contributed by atoms with Gasteiger partial charge in [-0.1, -0.05) is 13.0 Å². The Labute approximate surface area is 85.5 Å². The summed E-state index contributed by atoms with van der Waals surface area (Å²) in [6, 6.07) is 5.17. The Morgan fingerprint density at radius 1 is 1.50 bits per heavy atom. The molecule has 0 aromatic heterocycles. The molecule has 0 amide bonds. The second kappa shape index (κ2) is 4.77. The predicted octanol–water partition coefficient (Wildman–Crippen LogP) is 2.54. The van der Waals surface area contributed by atoms with E-state index in [2.05, 4.69) is 12.2 Å². The first-order valence-electron chi connectivity index (χ1n) is 3.88. The van der Waals surface area contributed by atoms with Crippen LogP contribution in [-0.2, 0) is 6.54 Å². The molecule has 0 saturated carbocycles. The van der Waals surface area contributed by atoms with E-state index in [1.807, 2.05) is 28.7 Å². The van der Waals surface area contributed by atoms with Gasteiger partial charge < -0.3 is 5.32 Å². The maximum atomic E-state index is 12.8. The minimum Gasteiger partial charge on any atom is -0.313 e. The van der Waals surface area contributed by atoms with Crippen molar-refractivity contribution in [2.75, 3.05) is 6.54 Å². The number of halogens is 2. The first-order chi connectivity index (χ1) is 5.74. The van der Waals surface area contributed by atoms with Crippen LogP contribution in [0.4, 0.5) is 4.39 Å². The van der Waals surface area contributed by atoms with Crippen LogP contribution in [-0.4, -0.2) is 6.54 Å². The van der Waals surface area contributed by atoms with Gasteiger partial charge in [0.2, 0.25) is 0 Å². The first-order valence-corrected chi connectivity index (χ1v) is 4.96. The van der Waals surface area contributed by atoms with E-state index in [0.29, 0.717) is 3.57 Å². The number of nitrogens with one attached hydrogen (secondary N) is 1. The summed E-state index contributed by atoms with van der Waals surface area (Å²) in [5.41, 5.74) is 1.13. The standard InChI is InChI=1S/C9H11FIN/c1-2-12-6-7-3-4-8(10)9(11)5-7/h3-5,12H,2,6H2,1H3. The predicted molar refractivity (Wildman–Crippen MR) is 56.5 cm³/mol. The van der Waals surface area contributed by atoms with Crippen molar-refractivity contribution < 1.29 is 4.39 Å². The van der Waals surface area contributed by atoms with Crippen molar-refractivity contribution in [3.05, 3.63) is 33.1 Å². The quantitative estimate of drug-likeness (QED) is 0.838. The van der Waals surface area contributed by atoms with Crippen molar-refractivity contribution in [1.82, 2.24) is 5.32 Å².